The maximum absolute atomic E-state index is 10.5. The van der Waals surface area contributed by atoms with Crippen molar-refractivity contribution < 1.29 is 19.2 Å². The highest BCUT2D eigenvalue weighted by atomic mass is 16.5. The summed E-state index contributed by atoms with van der Waals surface area (Å²) in [5.74, 6) is 0.761. The van der Waals surface area contributed by atoms with Crippen LogP contribution in [0.4, 0.5) is 5.69 Å². The second-order valence-electron chi connectivity index (χ2n) is 8.00. The number of quaternary nitrogens is 1. The number of fused-ring (bicyclic) bond motifs is 3. The van der Waals surface area contributed by atoms with Gasteiger partial charge in [-0.2, -0.15) is 0 Å². The van der Waals surface area contributed by atoms with Gasteiger partial charge < -0.3 is 24.1 Å². The average Bonchev–Trinajstić information content (AvgIpc) is 3.17. The van der Waals surface area contributed by atoms with Crippen molar-refractivity contribution in [3.63, 3.8) is 0 Å². The second kappa shape index (κ2) is 8.38. The Kier molecular flexibility index (Phi) is 5.30. The van der Waals surface area contributed by atoms with Gasteiger partial charge in [-0.05, 0) is 36.4 Å². The Morgan fingerprint density at radius 2 is 1.63 bits per heavy atom. The van der Waals surface area contributed by atoms with Gasteiger partial charge in [-0.3, -0.25) is 0 Å². The van der Waals surface area contributed by atoms with Gasteiger partial charge in [0.15, 0.2) is 0 Å². The summed E-state index contributed by atoms with van der Waals surface area (Å²) in [6, 6.07) is 24.4. The number of hydrogen-bond donors (Lipinski definition) is 2. The van der Waals surface area contributed by atoms with Gasteiger partial charge in [0.1, 0.15) is 36.2 Å². The first-order valence-electron chi connectivity index (χ1n) is 10.6. The Bertz CT molecular complexity index is 1120. The van der Waals surface area contributed by atoms with E-state index < -0.39 is 6.10 Å². The number of anilines is 1. The summed E-state index contributed by atoms with van der Waals surface area (Å²) in [6.07, 6.45) is -0.486. The van der Waals surface area contributed by atoms with E-state index in [0.717, 1.165) is 53.9 Å². The van der Waals surface area contributed by atoms with Gasteiger partial charge in [0.25, 0.3) is 0 Å². The fourth-order valence-corrected chi connectivity index (χ4v) is 4.30. The van der Waals surface area contributed by atoms with E-state index in [9.17, 15) is 5.11 Å². The first-order chi connectivity index (χ1) is 14.8. The molecule has 2 heterocycles. The van der Waals surface area contributed by atoms with E-state index in [0.29, 0.717) is 13.2 Å². The van der Waals surface area contributed by atoms with Crippen LogP contribution in [0.1, 0.15) is 0 Å². The van der Waals surface area contributed by atoms with E-state index in [4.69, 9.17) is 9.15 Å². The van der Waals surface area contributed by atoms with Crippen molar-refractivity contribution >= 4 is 27.6 Å². The molecule has 30 heavy (non-hydrogen) atoms. The van der Waals surface area contributed by atoms with Crippen molar-refractivity contribution in [1.29, 1.82) is 0 Å². The van der Waals surface area contributed by atoms with Crippen LogP contribution in [-0.4, -0.2) is 50.5 Å². The molecule has 1 aliphatic heterocycles. The molecule has 5 heteroatoms. The molecule has 154 valence electrons. The number of aliphatic hydroxyl groups excluding tert-OH is 1. The van der Waals surface area contributed by atoms with Gasteiger partial charge in [0.2, 0.25) is 0 Å². The third-order valence-electron chi connectivity index (χ3n) is 5.91. The number of para-hydroxylation sites is 2. The molecule has 1 aromatic heterocycles. The first kappa shape index (κ1) is 19.0. The molecule has 3 aromatic carbocycles. The molecule has 5 nitrogen and oxygen atoms in total. The predicted octanol–water partition coefficient (Wildman–Crippen LogP) is 2.73. The Morgan fingerprint density at radius 1 is 0.900 bits per heavy atom. The standard InChI is InChI=1S/C25H26N2O3/c28-20(17-26-12-14-27(15-13-26)19-6-2-1-3-7-19)18-29-21-10-11-25-23(16-21)22-8-4-5-9-24(22)30-25/h1-11,16,20,28H,12-15,17-18H2/p+1/t20-/m1/s1. The highest BCUT2D eigenvalue weighted by molar-refractivity contribution is 6.05. The van der Waals surface area contributed by atoms with Gasteiger partial charge in [0.05, 0.1) is 26.2 Å². The van der Waals surface area contributed by atoms with Gasteiger partial charge >= 0.3 is 0 Å². The zero-order valence-corrected chi connectivity index (χ0v) is 17.0. The summed E-state index contributed by atoms with van der Waals surface area (Å²) >= 11 is 0. The number of hydrogen-bond acceptors (Lipinski definition) is 4. The summed E-state index contributed by atoms with van der Waals surface area (Å²) in [7, 11) is 0. The smallest absolute Gasteiger partial charge is 0.137 e. The van der Waals surface area contributed by atoms with Gasteiger partial charge in [0, 0.05) is 16.5 Å². The van der Waals surface area contributed by atoms with Crippen LogP contribution >= 0.6 is 0 Å². The van der Waals surface area contributed by atoms with Crippen molar-refractivity contribution in [2.45, 2.75) is 6.10 Å². The van der Waals surface area contributed by atoms with E-state index in [1.165, 1.54) is 10.6 Å². The minimum atomic E-state index is -0.486. The van der Waals surface area contributed by atoms with Crippen molar-refractivity contribution in [2.24, 2.45) is 0 Å². The summed E-state index contributed by atoms with van der Waals surface area (Å²) in [5, 5.41) is 12.6. The number of rotatable bonds is 6. The van der Waals surface area contributed by atoms with Crippen LogP contribution in [0.15, 0.2) is 77.2 Å². The van der Waals surface area contributed by atoms with Gasteiger partial charge in [-0.25, -0.2) is 0 Å². The van der Waals surface area contributed by atoms with Crippen LogP contribution in [0, 0.1) is 0 Å². The number of furan rings is 1. The number of piperazine rings is 1. The number of nitrogens with zero attached hydrogens (tertiary/aromatic N) is 1. The Morgan fingerprint density at radius 3 is 2.47 bits per heavy atom. The highest BCUT2D eigenvalue weighted by Crippen LogP contribution is 2.31. The molecule has 1 fully saturated rings. The molecular weight excluding hydrogens is 376 g/mol. The fraction of sp³-hybridized carbons (Fsp3) is 0.280. The molecule has 0 aliphatic carbocycles. The Hall–Kier alpha value is -3.02. The third-order valence-corrected chi connectivity index (χ3v) is 5.91. The number of benzene rings is 3. The average molecular weight is 404 g/mol. The molecule has 1 aliphatic rings. The van der Waals surface area contributed by atoms with Gasteiger partial charge in [-0.1, -0.05) is 36.4 Å². The van der Waals surface area contributed by atoms with Crippen LogP contribution in [-0.2, 0) is 0 Å². The molecule has 0 spiro atoms. The van der Waals surface area contributed by atoms with Crippen LogP contribution in [0.2, 0.25) is 0 Å². The van der Waals surface area contributed by atoms with E-state index in [1.54, 1.807) is 0 Å². The monoisotopic (exact) mass is 403 g/mol. The quantitative estimate of drug-likeness (QED) is 0.520. The molecule has 0 amide bonds. The van der Waals surface area contributed by atoms with Gasteiger partial charge in [-0.15, -0.1) is 0 Å². The Labute approximate surface area is 176 Å². The SMILES string of the molecule is O[C@@H](COc1ccc2oc3ccccc3c2c1)C[NH+]1CCN(c2ccccc2)CC1. The van der Waals surface area contributed by atoms with Crippen molar-refractivity contribution in [3.05, 3.63) is 72.8 Å². The van der Waals surface area contributed by atoms with Crippen molar-refractivity contribution in [2.75, 3.05) is 44.2 Å². The molecule has 0 unspecified atom stereocenters. The third kappa shape index (κ3) is 3.99. The normalized spacial score (nSPS) is 16.2. The van der Waals surface area contributed by atoms with Crippen LogP contribution in [0.5, 0.6) is 5.75 Å². The minimum absolute atomic E-state index is 0.299. The molecular formula is C25H27N2O3+. The zero-order valence-electron chi connectivity index (χ0n) is 17.0. The molecule has 4 aromatic rings. The molecule has 0 bridgehead atoms. The maximum atomic E-state index is 10.5. The number of nitrogens with one attached hydrogen (secondary N) is 1. The Balaban J connectivity index is 1.15. The van der Waals surface area contributed by atoms with Crippen LogP contribution in [0.3, 0.4) is 0 Å². The summed E-state index contributed by atoms with van der Waals surface area (Å²) in [6.45, 7) is 5.08. The van der Waals surface area contributed by atoms with E-state index in [2.05, 4.69) is 35.2 Å². The lowest BCUT2D eigenvalue weighted by atomic mass is 10.1. The van der Waals surface area contributed by atoms with Crippen molar-refractivity contribution in [3.8, 4) is 5.75 Å². The molecule has 2 N–H and O–H groups in total. The van der Waals surface area contributed by atoms with Crippen LogP contribution in [0.25, 0.3) is 21.9 Å². The number of aliphatic hydroxyl groups is 1. The largest absolute Gasteiger partial charge is 0.491 e. The molecule has 0 radical (unpaired) electrons. The van der Waals surface area contributed by atoms with E-state index >= 15 is 0 Å². The molecule has 0 saturated carbocycles. The minimum Gasteiger partial charge on any atom is -0.491 e. The zero-order chi connectivity index (χ0) is 20.3. The molecule has 5 rings (SSSR count). The second-order valence-corrected chi connectivity index (χ2v) is 8.00. The lowest BCUT2D eigenvalue weighted by Crippen LogP contribution is -3.16. The highest BCUT2D eigenvalue weighted by Gasteiger charge is 2.22. The summed E-state index contributed by atoms with van der Waals surface area (Å²) in [5.41, 5.74) is 3.01. The van der Waals surface area contributed by atoms with Crippen molar-refractivity contribution in [1.82, 2.24) is 0 Å². The van der Waals surface area contributed by atoms with Crippen LogP contribution < -0.4 is 14.5 Å². The fourth-order valence-electron chi connectivity index (χ4n) is 4.30. The maximum Gasteiger partial charge on any atom is 0.137 e. The lowest BCUT2D eigenvalue weighted by molar-refractivity contribution is -0.903. The van der Waals surface area contributed by atoms with E-state index in [-0.39, 0.29) is 0 Å². The summed E-state index contributed by atoms with van der Waals surface area (Å²) in [4.78, 5) is 3.84. The predicted molar refractivity (Wildman–Crippen MR) is 119 cm³/mol. The molecule has 1 atom stereocenters. The molecule has 1 saturated heterocycles. The van der Waals surface area contributed by atoms with E-state index in [1.807, 2.05) is 42.5 Å². The topological polar surface area (TPSA) is 50.3 Å². The first-order valence-corrected chi connectivity index (χ1v) is 10.6. The number of ether oxygens (including phenoxy) is 1. The summed E-state index contributed by atoms with van der Waals surface area (Å²) < 4.78 is 11.8. The lowest BCUT2D eigenvalue weighted by Gasteiger charge is -2.34.